The van der Waals surface area contributed by atoms with E-state index in [-0.39, 0.29) is 5.75 Å². The van der Waals surface area contributed by atoms with Gasteiger partial charge in [0.1, 0.15) is 11.5 Å². The Kier molecular flexibility index (Phi) is 4.23. The molecule has 1 aliphatic rings. The van der Waals surface area contributed by atoms with Gasteiger partial charge in [-0.15, -0.1) is 0 Å². The summed E-state index contributed by atoms with van der Waals surface area (Å²) in [5, 5.41) is 21.0. The molecule has 0 fully saturated rings. The monoisotopic (exact) mass is 346 g/mol. The SMILES string of the molecule is COc1ccc(C2=Nc3ccnnc3C2)cc1NCc1cccc(O)c1. The normalized spacial score (nSPS) is 12.4. The van der Waals surface area contributed by atoms with E-state index in [1.54, 1.807) is 25.4 Å². The first-order chi connectivity index (χ1) is 12.7. The highest BCUT2D eigenvalue weighted by Crippen LogP contribution is 2.31. The van der Waals surface area contributed by atoms with Crippen molar-refractivity contribution in [2.75, 3.05) is 12.4 Å². The highest BCUT2D eigenvalue weighted by Gasteiger charge is 2.18. The molecule has 0 unspecified atom stereocenters. The zero-order valence-corrected chi connectivity index (χ0v) is 14.3. The summed E-state index contributed by atoms with van der Waals surface area (Å²) in [5.41, 5.74) is 5.61. The van der Waals surface area contributed by atoms with Gasteiger partial charge in [0, 0.05) is 13.0 Å². The van der Waals surface area contributed by atoms with Gasteiger partial charge in [-0.25, -0.2) is 0 Å². The van der Waals surface area contributed by atoms with Crippen LogP contribution in [0.15, 0.2) is 59.7 Å². The Morgan fingerprint density at radius 2 is 2.08 bits per heavy atom. The van der Waals surface area contributed by atoms with Crippen LogP contribution in [0.3, 0.4) is 0 Å². The largest absolute Gasteiger partial charge is 0.508 e. The average molecular weight is 346 g/mol. The van der Waals surface area contributed by atoms with E-state index in [9.17, 15) is 5.11 Å². The van der Waals surface area contributed by atoms with Crippen molar-refractivity contribution < 1.29 is 9.84 Å². The van der Waals surface area contributed by atoms with Crippen molar-refractivity contribution in [1.29, 1.82) is 0 Å². The minimum Gasteiger partial charge on any atom is -0.508 e. The van der Waals surface area contributed by atoms with Gasteiger partial charge in [0.15, 0.2) is 0 Å². The predicted molar refractivity (Wildman–Crippen MR) is 100 cm³/mol. The zero-order chi connectivity index (χ0) is 17.9. The Balaban J connectivity index is 1.58. The maximum absolute atomic E-state index is 9.61. The van der Waals surface area contributed by atoms with E-state index in [0.717, 1.165) is 39.7 Å². The van der Waals surface area contributed by atoms with Crippen LogP contribution in [-0.2, 0) is 13.0 Å². The molecule has 0 amide bonds. The maximum Gasteiger partial charge on any atom is 0.142 e. The standard InChI is InChI=1S/C20H18N4O2/c1-26-20-6-5-14(17-11-18-16(23-17)7-8-22-24-18)10-19(20)21-12-13-3-2-4-15(25)9-13/h2-10,21,25H,11-12H2,1H3. The van der Waals surface area contributed by atoms with Gasteiger partial charge in [0.2, 0.25) is 0 Å². The van der Waals surface area contributed by atoms with Gasteiger partial charge < -0.3 is 15.2 Å². The summed E-state index contributed by atoms with van der Waals surface area (Å²) in [6.07, 6.45) is 2.32. The molecule has 6 heteroatoms. The van der Waals surface area contributed by atoms with Gasteiger partial charge in [-0.05, 0) is 47.5 Å². The van der Waals surface area contributed by atoms with E-state index in [2.05, 4.69) is 20.5 Å². The number of aromatic nitrogens is 2. The lowest BCUT2D eigenvalue weighted by Gasteiger charge is -2.13. The highest BCUT2D eigenvalue weighted by atomic mass is 16.5. The number of methoxy groups -OCH3 is 1. The molecular weight excluding hydrogens is 328 g/mol. The average Bonchev–Trinajstić information content (AvgIpc) is 3.10. The summed E-state index contributed by atoms with van der Waals surface area (Å²) in [4.78, 5) is 4.66. The Labute approximate surface area is 151 Å². The molecule has 1 aliphatic heterocycles. The fourth-order valence-corrected chi connectivity index (χ4v) is 2.98. The second-order valence-corrected chi connectivity index (χ2v) is 6.04. The molecule has 2 heterocycles. The van der Waals surface area contributed by atoms with Crippen LogP contribution in [0.5, 0.6) is 11.5 Å². The van der Waals surface area contributed by atoms with Crippen molar-refractivity contribution in [3.05, 3.63) is 71.5 Å². The van der Waals surface area contributed by atoms with Crippen molar-refractivity contribution in [1.82, 2.24) is 10.2 Å². The third-order valence-corrected chi connectivity index (χ3v) is 4.29. The second kappa shape index (κ2) is 6.84. The van der Waals surface area contributed by atoms with Crippen molar-refractivity contribution >= 4 is 17.1 Å². The number of aliphatic imine (C=N–C) groups is 1. The summed E-state index contributed by atoms with van der Waals surface area (Å²) in [5.74, 6) is 1.01. The van der Waals surface area contributed by atoms with E-state index in [4.69, 9.17) is 4.74 Å². The van der Waals surface area contributed by atoms with E-state index >= 15 is 0 Å². The van der Waals surface area contributed by atoms with Crippen molar-refractivity contribution in [2.45, 2.75) is 13.0 Å². The van der Waals surface area contributed by atoms with Crippen molar-refractivity contribution in [2.24, 2.45) is 4.99 Å². The fraction of sp³-hybridized carbons (Fsp3) is 0.150. The van der Waals surface area contributed by atoms with Crippen LogP contribution < -0.4 is 10.1 Å². The zero-order valence-electron chi connectivity index (χ0n) is 14.3. The molecule has 130 valence electrons. The number of fused-ring (bicyclic) bond motifs is 1. The molecule has 0 aliphatic carbocycles. The first-order valence-corrected chi connectivity index (χ1v) is 8.31. The molecule has 0 saturated heterocycles. The van der Waals surface area contributed by atoms with Gasteiger partial charge in [-0.1, -0.05) is 12.1 Å². The smallest absolute Gasteiger partial charge is 0.142 e. The highest BCUT2D eigenvalue weighted by molar-refractivity contribution is 6.06. The lowest BCUT2D eigenvalue weighted by atomic mass is 10.1. The van der Waals surface area contributed by atoms with Crippen LogP contribution in [0.2, 0.25) is 0 Å². The van der Waals surface area contributed by atoms with Crippen LogP contribution in [0, 0.1) is 0 Å². The quantitative estimate of drug-likeness (QED) is 0.739. The maximum atomic E-state index is 9.61. The number of rotatable bonds is 5. The van der Waals surface area contributed by atoms with Crippen molar-refractivity contribution in [3.8, 4) is 11.5 Å². The van der Waals surface area contributed by atoms with Crippen LogP contribution >= 0.6 is 0 Å². The summed E-state index contributed by atoms with van der Waals surface area (Å²) < 4.78 is 5.46. The molecule has 0 saturated carbocycles. The summed E-state index contributed by atoms with van der Waals surface area (Å²) in [7, 11) is 1.65. The molecule has 0 radical (unpaired) electrons. The summed E-state index contributed by atoms with van der Waals surface area (Å²) >= 11 is 0. The fourth-order valence-electron chi connectivity index (χ4n) is 2.98. The predicted octanol–water partition coefficient (Wildman–Crippen LogP) is 3.48. The molecule has 6 nitrogen and oxygen atoms in total. The molecule has 1 aromatic heterocycles. The van der Waals surface area contributed by atoms with Crippen LogP contribution in [0.1, 0.15) is 16.8 Å². The first kappa shape index (κ1) is 16.1. The van der Waals surface area contributed by atoms with Gasteiger partial charge in [0.05, 0.1) is 36.1 Å². The number of hydrogen-bond donors (Lipinski definition) is 2. The number of nitrogens with one attached hydrogen (secondary N) is 1. The molecule has 0 spiro atoms. The molecule has 3 aromatic rings. The van der Waals surface area contributed by atoms with E-state index in [1.165, 1.54) is 0 Å². The number of benzene rings is 2. The first-order valence-electron chi connectivity index (χ1n) is 8.31. The number of ether oxygens (including phenoxy) is 1. The number of phenols is 1. The third-order valence-electron chi connectivity index (χ3n) is 4.29. The Hall–Kier alpha value is -3.41. The van der Waals surface area contributed by atoms with E-state index < -0.39 is 0 Å². The number of nitrogens with zero attached hydrogens (tertiary/aromatic N) is 3. The Bertz CT molecular complexity index is 985. The van der Waals surface area contributed by atoms with Crippen LogP contribution in [0.4, 0.5) is 11.4 Å². The topological polar surface area (TPSA) is 79.6 Å². The number of phenolic OH excluding ortho intramolecular Hbond substituents is 1. The van der Waals surface area contributed by atoms with E-state index in [1.807, 2.05) is 36.4 Å². The molecule has 0 atom stereocenters. The Morgan fingerprint density at radius 1 is 1.15 bits per heavy atom. The minimum absolute atomic E-state index is 0.254. The molecular formula is C20H18N4O2. The second-order valence-electron chi connectivity index (χ2n) is 6.04. The molecule has 2 N–H and O–H groups in total. The minimum atomic E-state index is 0.254. The van der Waals surface area contributed by atoms with Gasteiger partial charge in [-0.2, -0.15) is 10.2 Å². The lowest BCUT2D eigenvalue weighted by molar-refractivity contribution is 0.416. The summed E-state index contributed by atoms with van der Waals surface area (Å²) in [6.45, 7) is 0.576. The molecule has 0 bridgehead atoms. The van der Waals surface area contributed by atoms with Gasteiger partial charge >= 0.3 is 0 Å². The lowest BCUT2D eigenvalue weighted by Crippen LogP contribution is -2.05. The van der Waals surface area contributed by atoms with E-state index in [0.29, 0.717) is 13.0 Å². The third kappa shape index (κ3) is 3.21. The van der Waals surface area contributed by atoms with Crippen LogP contribution in [-0.4, -0.2) is 28.1 Å². The van der Waals surface area contributed by atoms with Gasteiger partial charge in [-0.3, -0.25) is 4.99 Å². The van der Waals surface area contributed by atoms with Crippen molar-refractivity contribution in [3.63, 3.8) is 0 Å². The van der Waals surface area contributed by atoms with Crippen LogP contribution in [0.25, 0.3) is 0 Å². The number of aromatic hydroxyl groups is 1. The number of anilines is 1. The number of hydrogen-bond acceptors (Lipinski definition) is 6. The molecule has 2 aromatic carbocycles. The van der Waals surface area contributed by atoms with Gasteiger partial charge in [0.25, 0.3) is 0 Å². The summed E-state index contributed by atoms with van der Waals surface area (Å²) in [6, 6.07) is 15.0. The Morgan fingerprint density at radius 3 is 2.88 bits per heavy atom. The molecule has 26 heavy (non-hydrogen) atoms. The molecule has 4 rings (SSSR count).